The van der Waals surface area contributed by atoms with Crippen LogP contribution in [0.4, 0.5) is 4.39 Å². The first kappa shape index (κ1) is 19.6. The van der Waals surface area contributed by atoms with Crippen LogP contribution in [-0.4, -0.2) is 9.79 Å². The van der Waals surface area contributed by atoms with Crippen molar-refractivity contribution in [3.63, 3.8) is 0 Å². The molecule has 2 rings (SSSR count). The third kappa shape index (κ3) is 5.15. The first-order valence-corrected chi connectivity index (χ1v) is 9.97. The van der Waals surface area contributed by atoms with Crippen molar-refractivity contribution in [1.29, 1.82) is 0 Å². The fourth-order valence-electron chi connectivity index (χ4n) is 2.73. The van der Waals surface area contributed by atoms with Gasteiger partial charge in [-0.3, -0.25) is 4.57 Å². The van der Waals surface area contributed by atoms with Gasteiger partial charge in [-0.1, -0.05) is 25.8 Å². The summed E-state index contributed by atoms with van der Waals surface area (Å²) in [5.74, 6) is 0.554. The molecule has 4 nitrogen and oxygen atoms in total. The monoisotopic (exact) mass is 366 g/mol. The van der Waals surface area contributed by atoms with Gasteiger partial charge in [0.2, 0.25) is 0 Å². The van der Waals surface area contributed by atoms with E-state index in [0.29, 0.717) is 34.6 Å². The normalized spacial score (nSPS) is 11.6. The molecule has 0 fully saturated rings. The minimum absolute atomic E-state index is 0.0488. The molecule has 0 bridgehead atoms. The fraction of sp³-hybridized carbons (Fsp3) is 0.368. The van der Waals surface area contributed by atoms with Crippen LogP contribution >= 0.6 is 7.60 Å². The van der Waals surface area contributed by atoms with E-state index in [9.17, 15) is 18.7 Å². The molecule has 0 heterocycles. The molecule has 0 aliphatic rings. The largest absolute Gasteiger partial charge is 0.457 e. The van der Waals surface area contributed by atoms with Crippen molar-refractivity contribution >= 4 is 12.9 Å². The lowest BCUT2D eigenvalue weighted by Crippen LogP contribution is -2.07. The van der Waals surface area contributed by atoms with Gasteiger partial charge >= 0.3 is 7.60 Å². The van der Waals surface area contributed by atoms with Crippen LogP contribution in [0.15, 0.2) is 30.3 Å². The summed E-state index contributed by atoms with van der Waals surface area (Å²) >= 11 is 0. The predicted molar refractivity (Wildman–Crippen MR) is 97.3 cm³/mol. The quantitative estimate of drug-likeness (QED) is 0.547. The van der Waals surface area contributed by atoms with Gasteiger partial charge in [0.25, 0.3) is 0 Å². The Morgan fingerprint density at radius 2 is 1.72 bits per heavy atom. The molecule has 0 aromatic heterocycles. The molecule has 0 amide bonds. The number of halogens is 1. The highest BCUT2D eigenvalue weighted by Gasteiger charge is 2.20. The standard InChI is InChI=1S/C19H24FO4P/c1-4-5-6-7-15-8-9-16(12-18(15)20)24-19-13(2)10-17(11-14(19)3)25(21,22)23/h8-12H,4-7H2,1-3H3,(H2,21,22,23). The Kier molecular flexibility index (Phi) is 6.39. The molecule has 0 atom stereocenters. The zero-order valence-electron chi connectivity index (χ0n) is 14.8. The van der Waals surface area contributed by atoms with Crippen LogP contribution in [0.3, 0.4) is 0 Å². The van der Waals surface area contributed by atoms with E-state index in [1.165, 1.54) is 18.2 Å². The van der Waals surface area contributed by atoms with Crippen LogP contribution in [0, 0.1) is 19.7 Å². The highest BCUT2D eigenvalue weighted by Crippen LogP contribution is 2.37. The number of benzene rings is 2. The molecular formula is C19H24FO4P. The predicted octanol–water partition coefficient (Wildman–Crippen LogP) is 4.77. The molecule has 6 heteroatoms. The summed E-state index contributed by atoms with van der Waals surface area (Å²) in [6.45, 7) is 5.52. The molecule has 136 valence electrons. The van der Waals surface area contributed by atoms with Gasteiger partial charge in [0.15, 0.2) is 0 Å². The summed E-state index contributed by atoms with van der Waals surface area (Å²) in [6.07, 6.45) is 3.82. The first-order chi connectivity index (χ1) is 11.7. The summed E-state index contributed by atoms with van der Waals surface area (Å²) < 4.78 is 31.4. The number of aryl methyl sites for hydroxylation is 3. The number of hydrogen-bond acceptors (Lipinski definition) is 2. The Balaban J connectivity index is 2.22. The van der Waals surface area contributed by atoms with E-state index < -0.39 is 7.60 Å². The Hall–Kier alpha value is -1.68. The number of hydrogen-bond donors (Lipinski definition) is 2. The van der Waals surface area contributed by atoms with Gasteiger partial charge in [0, 0.05) is 6.07 Å². The topological polar surface area (TPSA) is 66.8 Å². The highest BCUT2D eigenvalue weighted by molar-refractivity contribution is 7.60. The molecule has 0 aliphatic carbocycles. The Morgan fingerprint density at radius 1 is 1.08 bits per heavy atom. The average molecular weight is 366 g/mol. The lowest BCUT2D eigenvalue weighted by atomic mass is 10.1. The number of rotatable bonds is 7. The Bertz CT molecular complexity index is 775. The Labute approximate surface area is 147 Å². The van der Waals surface area contributed by atoms with E-state index in [1.54, 1.807) is 26.0 Å². The average Bonchev–Trinajstić information content (AvgIpc) is 2.52. The summed E-state index contributed by atoms with van der Waals surface area (Å²) in [4.78, 5) is 18.6. The van der Waals surface area contributed by atoms with E-state index in [0.717, 1.165) is 19.3 Å². The van der Waals surface area contributed by atoms with Crippen molar-refractivity contribution in [1.82, 2.24) is 0 Å². The van der Waals surface area contributed by atoms with Crippen LogP contribution < -0.4 is 10.0 Å². The molecule has 0 unspecified atom stereocenters. The molecular weight excluding hydrogens is 342 g/mol. The van der Waals surface area contributed by atoms with Gasteiger partial charge in [-0.15, -0.1) is 0 Å². The molecule has 2 aromatic rings. The van der Waals surface area contributed by atoms with Gasteiger partial charge in [-0.2, -0.15) is 0 Å². The van der Waals surface area contributed by atoms with E-state index in [-0.39, 0.29) is 11.1 Å². The van der Waals surface area contributed by atoms with E-state index in [4.69, 9.17) is 4.74 Å². The molecule has 2 aromatic carbocycles. The third-order valence-corrected chi connectivity index (χ3v) is 5.01. The lowest BCUT2D eigenvalue weighted by molar-refractivity contribution is 0.387. The molecule has 25 heavy (non-hydrogen) atoms. The van der Waals surface area contributed by atoms with Crippen molar-refractivity contribution < 1.29 is 23.5 Å². The molecule has 2 N–H and O–H groups in total. The van der Waals surface area contributed by atoms with E-state index in [2.05, 4.69) is 6.92 Å². The first-order valence-electron chi connectivity index (χ1n) is 8.36. The van der Waals surface area contributed by atoms with Gasteiger partial charge in [-0.05, 0) is 61.6 Å². The molecule has 0 aliphatic heterocycles. The maximum Gasteiger partial charge on any atom is 0.356 e. The summed E-state index contributed by atoms with van der Waals surface area (Å²) in [7, 11) is -4.32. The lowest BCUT2D eigenvalue weighted by Gasteiger charge is -2.15. The minimum Gasteiger partial charge on any atom is -0.457 e. The Morgan fingerprint density at radius 3 is 2.24 bits per heavy atom. The van der Waals surface area contributed by atoms with Gasteiger partial charge < -0.3 is 14.5 Å². The zero-order valence-corrected chi connectivity index (χ0v) is 15.6. The number of unbranched alkanes of at least 4 members (excludes halogenated alkanes) is 2. The number of ether oxygens (including phenoxy) is 1. The van der Waals surface area contributed by atoms with Crippen LogP contribution in [0.5, 0.6) is 11.5 Å². The zero-order chi connectivity index (χ0) is 18.6. The third-order valence-electron chi connectivity index (χ3n) is 4.08. The second-order valence-electron chi connectivity index (χ2n) is 6.27. The molecule has 0 radical (unpaired) electrons. The molecule has 0 saturated carbocycles. The van der Waals surface area contributed by atoms with Crippen molar-refractivity contribution in [2.75, 3.05) is 0 Å². The van der Waals surface area contributed by atoms with Crippen molar-refractivity contribution in [3.8, 4) is 11.5 Å². The van der Waals surface area contributed by atoms with Crippen molar-refractivity contribution in [2.45, 2.75) is 46.5 Å². The summed E-state index contributed by atoms with van der Waals surface area (Å²) in [5, 5.41) is -0.0488. The second kappa shape index (κ2) is 8.13. The van der Waals surface area contributed by atoms with E-state index >= 15 is 0 Å². The van der Waals surface area contributed by atoms with Crippen LogP contribution in [0.2, 0.25) is 0 Å². The smallest absolute Gasteiger partial charge is 0.356 e. The maximum absolute atomic E-state index is 14.2. The maximum atomic E-state index is 14.2. The van der Waals surface area contributed by atoms with Crippen LogP contribution in [0.1, 0.15) is 42.9 Å². The summed E-state index contributed by atoms with van der Waals surface area (Å²) in [5.41, 5.74) is 1.85. The van der Waals surface area contributed by atoms with Crippen LogP contribution in [0.25, 0.3) is 0 Å². The van der Waals surface area contributed by atoms with Crippen LogP contribution in [-0.2, 0) is 11.0 Å². The second-order valence-corrected chi connectivity index (χ2v) is 7.87. The van der Waals surface area contributed by atoms with Gasteiger partial charge in [0.1, 0.15) is 17.3 Å². The highest BCUT2D eigenvalue weighted by atomic mass is 31.2. The molecule has 0 saturated heterocycles. The van der Waals surface area contributed by atoms with Gasteiger partial charge in [-0.25, -0.2) is 4.39 Å². The van der Waals surface area contributed by atoms with E-state index in [1.807, 2.05) is 0 Å². The van der Waals surface area contributed by atoms with Crippen molar-refractivity contribution in [2.24, 2.45) is 0 Å². The summed E-state index contributed by atoms with van der Waals surface area (Å²) in [6, 6.07) is 7.61. The SMILES string of the molecule is CCCCCc1ccc(Oc2c(C)cc(P(=O)(O)O)cc2C)cc1F. The minimum atomic E-state index is -4.32. The molecule has 0 spiro atoms. The fourth-order valence-corrected chi connectivity index (χ4v) is 3.46. The van der Waals surface area contributed by atoms with Crippen molar-refractivity contribution in [3.05, 3.63) is 52.8 Å². The van der Waals surface area contributed by atoms with Gasteiger partial charge in [0.05, 0.1) is 5.30 Å².